The molecule has 0 unspecified atom stereocenters. The van der Waals surface area contributed by atoms with Gasteiger partial charge < -0.3 is 10.2 Å². The summed E-state index contributed by atoms with van der Waals surface area (Å²) in [7, 11) is -3.75. The van der Waals surface area contributed by atoms with Gasteiger partial charge in [-0.3, -0.25) is 13.9 Å². The first-order chi connectivity index (χ1) is 16.1. The monoisotopic (exact) mass is 505 g/mol. The van der Waals surface area contributed by atoms with Crippen molar-refractivity contribution < 1.29 is 18.0 Å². The third kappa shape index (κ3) is 6.73. The molecule has 1 atom stereocenters. The summed E-state index contributed by atoms with van der Waals surface area (Å²) in [4.78, 5) is 28.0. The van der Waals surface area contributed by atoms with E-state index in [0.29, 0.717) is 16.3 Å². The predicted octanol–water partition coefficient (Wildman–Crippen LogP) is 3.89. The fraction of sp³-hybridized carbons (Fsp3) is 0.440. The second kappa shape index (κ2) is 11.2. The first kappa shape index (κ1) is 26.0. The van der Waals surface area contributed by atoms with E-state index in [0.717, 1.165) is 41.8 Å². The van der Waals surface area contributed by atoms with E-state index in [1.165, 1.54) is 4.90 Å². The average Bonchev–Trinajstić information content (AvgIpc) is 3.29. The highest BCUT2D eigenvalue weighted by atomic mass is 35.5. The lowest BCUT2D eigenvalue weighted by molar-refractivity contribution is -0.139. The number of carbonyl (C=O) groups is 2. The van der Waals surface area contributed by atoms with Gasteiger partial charge in [-0.1, -0.05) is 60.3 Å². The number of aryl methyl sites for hydroxylation is 1. The molecule has 1 fully saturated rings. The van der Waals surface area contributed by atoms with Crippen LogP contribution in [0.1, 0.15) is 43.7 Å². The van der Waals surface area contributed by atoms with Crippen LogP contribution in [0.3, 0.4) is 0 Å². The van der Waals surface area contributed by atoms with Crippen molar-refractivity contribution in [2.24, 2.45) is 0 Å². The van der Waals surface area contributed by atoms with Gasteiger partial charge in [0, 0.05) is 17.6 Å². The quantitative estimate of drug-likeness (QED) is 0.560. The van der Waals surface area contributed by atoms with Crippen molar-refractivity contribution in [3.8, 4) is 0 Å². The number of nitrogens with one attached hydrogen (secondary N) is 1. The Kier molecular flexibility index (Phi) is 8.60. The van der Waals surface area contributed by atoms with Crippen LogP contribution in [0.5, 0.6) is 0 Å². The Labute approximate surface area is 207 Å². The molecule has 0 bridgehead atoms. The smallest absolute Gasteiger partial charge is 0.244 e. The van der Waals surface area contributed by atoms with Crippen LogP contribution in [-0.4, -0.2) is 50.0 Å². The minimum atomic E-state index is -3.75. The van der Waals surface area contributed by atoms with Crippen LogP contribution in [0.25, 0.3) is 0 Å². The van der Waals surface area contributed by atoms with Crippen LogP contribution in [0.15, 0.2) is 48.5 Å². The zero-order valence-electron chi connectivity index (χ0n) is 19.8. The standard InChI is InChI=1S/C25H32ClN3O4S/c1-18-12-14-22(15-13-18)29(34(3,32)33)17-24(30)28(16-20-8-4-7-11-23(20)26)19(2)25(31)27-21-9-5-6-10-21/h4,7-8,11-15,19,21H,5-6,9-10,16-17H2,1-3H3,(H,27,31)/t19-/m1/s1. The van der Waals surface area contributed by atoms with Crippen LogP contribution in [0, 0.1) is 6.92 Å². The molecule has 0 spiro atoms. The van der Waals surface area contributed by atoms with Crippen LogP contribution >= 0.6 is 11.6 Å². The Morgan fingerprint density at radius 3 is 2.29 bits per heavy atom. The zero-order chi connectivity index (χ0) is 24.9. The maximum Gasteiger partial charge on any atom is 0.244 e. The summed E-state index contributed by atoms with van der Waals surface area (Å²) in [6.07, 6.45) is 5.05. The van der Waals surface area contributed by atoms with E-state index in [4.69, 9.17) is 11.6 Å². The topological polar surface area (TPSA) is 86.8 Å². The van der Waals surface area contributed by atoms with Crippen molar-refractivity contribution >= 4 is 39.1 Å². The Bertz CT molecular complexity index is 1120. The molecular formula is C25H32ClN3O4S. The fourth-order valence-electron chi connectivity index (χ4n) is 4.11. The van der Waals surface area contributed by atoms with Crippen LogP contribution < -0.4 is 9.62 Å². The number of benzene rings is 2. The van der Waals surface area contributed by atoms with E-state index < -0.39 is 28.5 Å². The van der Waals surface area contributed by atoms with Gasteiger partial charge in [-0.05, 0) is 50.5 Å². The van der Waals surface area contributed by atoms with E-state index in [1.54, 1.807) is 49.4 Å². The Hall–Kier alpha value is -2.58. The molecule has 0 aliphatic heterocycles. The molecule has 1 aliphatic carbocycles. The molecule has 0 aromatic heterocycles. The highest BCUT2D eigenvalue weighted by molar-refractivity contribution is 7.92. The van der Waals surface area contributed by atoms with Gasteiger partial charge in [-0.25, -0.2) is 8.42 Å². The summed E-state index contributed by atoms with van der Waals surface area (Å²) in [5.74, 6) is -0.742. The van der Waals surface area contributed by atoms with Gasteiger partial charge in [0.15, 0.2) is 0 Å². The number of carbonyl (C=O) groups excluding carboxylic acids is 2. The van der Waals surface area contributed by atoms with E-state index in [2.05, 4.69) is 5.32 Å². The number of nitrogens with zero attached hydrogens (tertiary/aromatic N) is 2. The number of anilines is 1. The first-order valence-corrected chi connectivity index (χ1v) is 13.7. The molecule has 7 nitrogen and oxygen atoms in total. The van der Waals surface area contributed by atoms with Gasteiger partial charge in [0.05, 0.1) is 11.9 Å². The molecule has 1 N–H and O–H groups in total. The third-order valence-electron chi connectivity index (χ3n) is 6.17. The van der Waals surface area contributed by atoms with Gasteiger partial charge in [-0.2, -0.15) is 0 Å². The second-order valence-corrected chi connectivity index (χ2v) is 11.2. The molecule has 0 saturated heterocycles. The number of rotatable bonds is 9. The summed E-state index contributed by atoms with van der Waals surface area (Å²) < 4.78 is 26.2. The number of halogens is 1. The summed E-state index contributed by atoms with van der Waals surface area (Å²) in [6, 6.07) is 13.3. The van der Waals surface area contributed by atoms with Crippen molar-refractivity contribution in [3.63, 3.8) is 0 Å². The van der Waals surface area contributed by atoms with Gasteiger partial charge >= 0.3 is 0 Å². The summed E-state index contributed by atoms with van der Waals surface area (Å²) in [5, 5.41) is 3.51. The van der Waals surface area contributed by atoms with Gasteiger partial charge in [0.25, 0.3) is 0 Å². The summed E-state index contributed by atoms with van der Waals surface area (Å²) in [5.41, 5.74) is 2.04. The van der Waals surface area contributed by atoms with E-state index in [1.807, 2.05) is 13.0 Å². The average molecular weight is 506 g/mol. The van der Waals surface area contributed by atoms with Crippen molar-refractivity contribution in [1.29, 1.82) is 0 Å². The highest BCUT2D eigenvalue weighted by Crippen LogP contribution is 2.23. The lowest BCUT2D eigenvalue weighted by Gasteiger charge is -2.32. The van der Waals surface area contributed by atoms with Crippen LogP contribution in [0.4, 0.5) is 5.69 Å². The molecule has 2 aromatic rings. The van der Waals surface area contributed by atoms with E-state index in [-0.39, 0.29) is 18.5 Å². The van der Waals surface area contributed by atoms with E-state index in [9.17, 15) is 18.0 Å². The van der Waals surface area contributed by atoms with Crippen molar-refractivity contribution in [2.45, 2.75) is 58.2 Å². The zero-order valence-corrected chi connectivity index (χ0v) is 21.4. The number of amides is 2. The molecule has 3 rings (SSSR count). The SMILES string of the molecule is Cc1ccc(N(CC(=O)N(Cc2ccccc2Cl)[C@H](C)C(=O)NC2CCCC2)S(C)(=O)=O)cc1. The Balaban J connectivity index is 1.88. The Morgan fingerprint density at radius 1 is 1.09 bits per heavy atom. The minimum absolute atomic E-state index is 0.0866. The molecule has 0 radical (unpaired) electrons. The van der Waals surface area contributed by atoms with Gasteiger partial charge in [-0.15, -0.1) is 0 Å². The number of hydrogen-bond acceptors (Lipinski definition) is 4. The van der Waals surface area contributed by atoms with Crippen LogP contribution in [-0.2, 0) is 26.2 Å². The van der Waals surface area contributed by atoms with Crippen molar-refractivity contribution in [2.75, 3.05) is 17.1 Å². The predicted molar refractivity (Wildman–Crippen MR) is 135 cm³/mol. The molecule has 1 aliphatic rings. The Morgan fingerprint density at radius 2 is 1.71 bits per heavy atom. The maximum absolute atomic E-state index is 13.5. The van der Waals surface area contributed by atoms with E-state index >= 15 is 0 Å². The van der Waals surface area contributed by atoms with Crippen molar-refractivity contribution in [1.82, 2.24) is 10.2 Å². The van der Waals surface area contributed by atoms with Gasteiger partial charge in [0.2, 0.25) is 21.8 Å². The lowest BCUT2D eigenvalue weighted by Crippen LogP contribution is -2.52. The number of hydrogen-bond donors (Lipinski definition) is 1. The lowest BCUT2D eigenvalue weighted by atomic mass is 10.1. The largest absolute Gasteiger partial charge is 0.352 e. The minimum Gasteiger partial charge on any atom is -0.352 e. The first-order valence-electron chi connectivity index (χ1n) is 11.4. The normalized spacial score (nSPS) is 15.1. The molecular weight excluding hydrogens is 474 g/mol. The fourth-order valence-corrected chi connectivity index (χ4v) is 5.15. The third-order valence-corrected chi connectivity index (χ3v) is 7.68. The second-order valence-electron chi connectivity index (χ2n) is 8.88. The summed E-state index contributed by atoms with van der Waals surface area (Å²) >= 11 is 6.34. The number of sulfonamides is 1. The molecule has 1 saturated carbocycles. The molecule has 184 valence electrons. The van der Waals surface area contributed by atoms with Gasteiger partial charge in [0.1, 0.15) is 12.6 Å². The summed E-state index contributed by atoms with van der Waals surface area (Å²) in [6.45, 7) is 3.22. The maximum atomic E-state index is 13.5. The molecule has 34 heavy (non-hydrogen) atoms. The molecule has 2 amide bonds. The molecule has 0 heterocycles. The molecule has 2 aromatic carbocycles. The molecule has 9 heteroatoms. The van der Waals surface area contributed by atoms with Crippen LogP contribution in [0.2, 0.25) is 5.02 Å². The highest BCUT2D eigenvalue weighted by Gasteiger charge is 2.31. The van der Waals surface area contributed by atoms with Crippen molar-refractivity contribution in [3.05, 3.63) is 64.7 Å².